The second kappa shape index (κ2) is 4.92. The minimum Gasteiger partial charge on any atom is -0.408 e. The van der Waals surface area contributed by atoms with E-state index in [-0.39, 0.29) is 26.1 Å². The number of nitro groups is 1. The van der Waals surface area contributed by atoms with Gasteiger partial charge in [0.15, 0.2) is 5.58 Å². The molecule has 0 aliphatic carbocycles. The molecule has 3 rings (SSSR count). The van der Waals surface area contributed by atoms with E-state index < -0.39 is 20.7 Å². The van der Waals surface area contributed by atoms with Crippen molar-refractivity contribution in [2.75, 3.05) is 4.72 Å². The molecule has 0 radical (unpaired) electrons. The molecule has 0 unspecified atom stereocenters. The van der Waals surface area contributed by atoms with Gasteiger partial charge in [0, 0.05) is 0 Å². The van der Waals surface area contributed by atoms with Crippen molar-refractivity contribution < 1.29 is 17.8 Å². The van der Waals surface area contributed by atoms with E-state index in [2.05, 4.69) is 14.7 Å². The maximum absolute atomic E-state index is 12.2. The third-order valence-electron chi connectivity index (χ3n) is 2.60. The van der Waals surface area contributed by atoms with Crippen molar-refractivity contribution in [2.24, 2.45) is 0 Å². The highest BCUT2D eigenvalue weighted by molar-refractivity contribution is 7.93. The van der Waals surface area contributed by atoms with Gasteiger partial charge >= 0.3 is 10.8 Å². The molecule has 3 aromatic rings. The van der Waals surface area contributed by atoms with Crippen LogP contribution in [0, 0.1) is 10.1 Å². The summed E-state index contributed by atoms with van der Waals surface area (Å²) in [6.07, 6.45) is 0.958. The molecule has 0 bridgehead atoms. The second-order valence-electron chi connectivity index (χ2n) is 4.04. The zero-order chi connectivity index (χ0) is 15.9. The molecule has 1 aromatic carbocycles. The number of hydrogen-bond donors (Lipinski definition) is 2. The summed E-state index contributed by atoms with van der Waals surface area (Å²) in [6, 6.07) is 3.78. The van der Waals surface area contributed by atoms with Crippen molar-refractivity contribution in [3.63, 3.8) is 0 Å². The lowest BCUT2D eigenvalue weighted by molar-refractivity contribution is -0.380. The molecule has 0 fully saturated rings. The molecule has 10 nitrogen and oxygen atoms in total. The van der Waals surface area contributed by atoms with Gasteiger partial charge in [-0.2, -0.15) is 0 Å². The number of rotatable bonds is 4. The van der Waals surface area contributed by atoms with Gasteiger partial charge in [-0.1, -0.05) is 0 Å². The standard InChI is InChI=1S/C10H6N4O6S2/c15-10-12-6-3-5(1-2-7(6)20-10)22(18,19)13-9-11-4-8(21-9)14(16)17/h1-4H,(H,11,13)(H,12,15). The smallest absolute Gasteiger partial charge is 0.408 e. The molecular weight excluding hydrogens is 336 g/mol. The molecular formula is C10H6N4O6S2. The Morgan fingerprint density at radius 2 is 2.18 bits per heavy atom. The van der Waals surface area contributed by atoms with Crippen LogP contribution in [0.3, 0.4) is 0 Å². The van der Waals surface area contributed by atoms with Crippen LogP contribution < -0.4 is 10.5 Å². The Hall–Kier alpha value is -2.73. The SMILES string of the molecule is O=c1[nH]c2cc(S(=O)(=O)Nc3ncc([N+](=O)[O-])s3)ccc2o1. The minimum atomic E-state index is -4.00. The highest BCUT2D eigenvalue weighted by Crippen LogP contribution is 2.27. The predicted molar refractivity (Wildman–Crippen MR) is 76.4 cm³/mol. The van der Waals surface area contributed by atoms with Gasteiger partial charge in [0.2, 0.25) is 5.13 Å². The number of anilines is 1. The molecule has 2 aromatic heterocycles. The van der Waals surface area contributed by atoms with Crippen molar-refractivity contribution in [1.82, 2.24) is 9.97 Å². The summed E-state index contributed by atoms with van der Waals surface area (Å²) in [4.78, 5) is 26.8. The molecule has 114 valence electrons. The number of fused-ring (bicyclic) bond motifs is 1. The van der Waals surface area contributed by atoms with E-state index >= 15 is 0 Å². The van der Waals surface area contributed by atoms with Crippen molar-refractivity contribution in [3.05, 3.63) is 45.1 Å². The third kappa shape index (κ3) is 2.56. The Morgan fingerprint density at radius 1 is 1.41 bits per heavy atom. The van der Waals surface area contributed by atoms with Crippen LogP contribution in [0.2, 0.25) is 0 Å². The highest BCUT2D eigenvalue weighted by atomic mass is 32.2. The first-order valence-corrected chi connectivity index (χ1v) is 7.91. The molecule has 2 N–H and O–H groups in total. The van der Waals surface area contributed by atoms with Crippen LogP contribution in [-0.2, 0) is 10.0 Å². The number of benzene rings is 1. The van der Waals surface area contributed by atoms with Gasteiger partial charge in [0.05, 0.1) is 15.3 Å². The summed E-state index contributed by atoms with van der Waals surface area (Å²) in [5.41, 5.74) is 0.437. The maximum Gasteiger partial charge on any atom is 0.417 e. The molecule has 0 saturated carbocycles. The summed E-state index contributed by atoms with van der Waals surface area (Å²) < 4.78 is 31.3. The summed E-state index contributed by atoms with van der Waals surface area (Å²) in [5, 5.41) is 10.1. The number of sulfonamides is 1. The average Bonchev–Trinajstić information content (AvgIpc) is 3.02. The van der Waals surface area contributed by atoms with Crippen LogP contribution in [0.1, 0.15) is 0 Å². The van der Waals surface area contributed by atoms with Gasteiger partial charge in [0.1, 0.15) is 6.20 Å². The zero-order valence-electron chi connectivity index (χ0n) is 10.5. The molecule has 0 amide bonds. The molecule has 0 spiro atoms. The van der Waals surface area contributed by atoms with Gasteiger partial charge in [-0.15, -0.1) is 0 Å². The third-order valence-corrected chi connectivity index (χ3v) is 4.93. The second-order valence-corrected chi connectivity index (χ2v) is 6.73. The quantitative estimate of drug-likeness (QED) is 0.536. The van der Waals surface area contributed by atoms with Crippen LogP contribution in [0.25, 0.3) is 11.1 Å². The van der Waals surface area contributed by atoms with Gasteiger partial charge in [-0.3, -0.25) is 19.8 Å². The first-order valence-electron chi connectivity index (χ1n) is 5.61. The van der Waals surface area contributed by atoms with Crippen molar-refractivity contribution in [1.29, 1.82) is 0 Å². The highest BCUT2D eigenvalue weighted by Gasteiger charge is 2.20. The van der Waals surface area contributed by atoms with Crippen LogP contribution in [0.5, 0.6) is 0 Å². The van der Waals surface area contributed by atoms with Gasteiger partial charge in [0.25, 0.3) is 10.0 Å². The predicted octanol–water partition coefficient (Wildman–Crippen LogP) is 1.29. The summed E-state index contributed by atoms with van der Waals surface area (Å²) in [5.74, 6) is -0.701. The van der Waals surface area contributed by atoms with Gasteiger partial charge in [-0.25, -0.2) is 18.2 Å². The Balaban J connectivity index is 1.96. The van der Waals surface area contributed by atoms with E-state index in [1.165, 1.54) is 18.2 Å². The van der Waals surface area contributed by atoms with Gasteiger partial charge in [-0.05, 0) is 29.5 Å². The van der Waals surface area contributed by atoms with Crippen molar-refractivity contribution in [2.45, 2.75) is 4.90 Å². The van der Waals surface area contributed by atoms with Crippen molar-refractivity contribution in [3.8, 4) is 0 Å². The molecule has 2 heterocycles. The summed E-state index contributed by atoms with van der Waals surface area (Å²) in [7, 11) is -4.00. The number of H-pyrrole nitrogens is 1. The van der Waals surface area contributed by atoms with Crippen molar-refractivity contribution >= 4 is 42.6 Å². The Labute approximate surface area is 125 Å². The van der Waals surface area contributed by atoms with E-state index in [0.717, 1.165) is 6.20 Å². The fourth-order valence-electron chi connectivity index (χ4n) is 1.67. The monoisotopic (exact) mass is 342 g/mol. The van der Waals surface area contributed by atoms with E-state index in [0.29, 0.717) is 11.3 Å². The molecule has 0 aliphatic rings. The Kier molecular flexibility index (Phi) is 3.18. The number of hydrogen-bond acceptors (Lipinski definition) is 8. The first-order chi connectivity index (χ1) is 10.3. The lowest BCUT2D eigenvalue weighted by Gasteiger charge is -2.04. The summed E-state index contributed by atoms with van der Waals surface area (Å²) in [6.45, 7) is 0. The van der Waals surface area contributed by atoms with E-state index in [4.69, 9.17) is 4.42 Å². The number of aromatic nitrogens is 2. The van der Waals surface area contributed by atoms with E-state index in [9.17, 15) is 23.3 Å². The molecule has 0 atom stereocenters. The molecule has 12 heteroatoms. The minimum absolute atomic E-state index is 0.132. The summed E-state index contributed by atoms with van der Waals surface area (Å²) >= 11 is 0.593. The maximum atomic E-state index is 12.2. The number of thiazole rings is 1. The van der Waals surface area contributed by atoms with E-state index in [1.807, 2.05) is 0 Å². The molecule has 0 saturated heterocycles. The number of oxazole rings is 1. The lowest BCUT2D eigenvalue weighted by atomic mass is 10.3. The normalized spacial score (nSPS) is 11.6. The Bertz CT molecular complexity index is 1030. The first kappa shape index (κ1) is 14.2. The van der Waals surface area contributed by atoms with Gasteiger partial charge < -0.3 is 4.42 Å². The number of aromatic amines is 1. The zero-order valence-corrected chi connectivity index (χ0v) is 12.1. The molecule has 0 aliphatic heterocycles. The number of nitrogens with zero attached hydrogens (tertiary/aromatic N) is 2. The fourth-order valence-corrected chi connectivity index (χ4v) is 3.57. The van der Waals surface area contributed by atoms with Crippen LogP contribution in [0.4, 0.5) is 10.1 Å². The average molecular weight is 342 g/mol. The van der Waals surface area contributed by atoms with E-state index in [1.54, 1.807) is 0 Å². The lowest BCUT2D eigenvalue weighted by Crippen LogP contribution is -2.12. The Morgan fingerprint density at radius 3 is 2.86 bits per heavy atom. The van der Waals surface area contributed by atoms with Crippen LogP contribution >= 0.6 is 11.3 Å². The van der Waals surface area contributed by atoms with Crippen LogP contribution in [0.15, 0.2) is 38.5 Å². The van der Waals surface area contributed by atoms with Crippen LogP contribution in [-0.4, -0.2) is 23.3 Å². The largest absolute Gasteiger partial charge is 0.417 e. The topological polar surface area (TPSA) is 148 Å². The fraction of sp³-hybridized carbons (Fsp3) is 0. The molecule has 22 heavy (non-hydrogen) atoms. The number of nitrogens with one attached hydrogen (secondary N) is 2.